The molecule has 1 fully saturated rings. The zero-order valence-corrected chi connectivity index (χ0v) is 10.1. The molecule has 1 aliphatic heterocycles. The van der Waals surface area contributed by atoms with Crippen molar-refractivity contribution in [1.29, 1.82) is 0 Å². The fourth-order valence-corrected chi connectivity index (χ4v) is 1.80. The van der Waals surface area contributed by atoms with Crippen LogP contribution in [-0.2, 0) is 14.3 Å². The van der Waals surface area contributed by atoms with E-state index in [1.165, 1.54) is 0 Å². The van der Waals surface area contributed by atoms with E-state index < -0.39 is 0 Å². The Balaban J connectivity index is 2.31. The van der Waals surface area contributed by atoms with Gasteiger partial charge in [-0.05, 0) is 6.42 Å². The Bertz CT molecular complexity index is 270. The Morgan fingerprint density at radius 1 is 1.65 bits per heavy atom. The summed E-state index contributed by atoms with van der Waals surface area (Å²) in [4.78, 5) is 24.9. The lowest BCUT2D eigenvalue weighted by atomic mass is 10.1. The Morgan fingerprint density at radius 3 is 3.06 bits per heavy atom. The van der Waals surface area contributed by atoms with Gasteiger partial charge in [-0.2, -0.15) is 0 Å². The largest absolute Gasteiger partial charge is 0.396 e. The molecule has 0 radical (unpaired) electrons. The van der Waals surface area contributed by atoms with Crippen LogP contribution in [0.3, 0.4) is 0 Å². The highest BCUT2D eigenvalue weighted by molar-refractivity contribution is 5.89. The first kappa shape index (κ1) is 13.9. The van der Waals surface area contributed by atoms with Crippen LogP contribution in [0.25, 0.3) is 0 Å². The van der Waals surface area contributed by atoms with Gasteiger partial charge in [-0.3, -0.25) is 9.59 Å². The molecule has 0 spiro atoms. The average Bonchev–Trinajstić information content (AvgIpc) is 2.68. The molecule has 0 aromatic rings. The van der Waals surface area contributed by atoms with E-state index in [0.29, 0.717) is 32.7 Å². The molecule has 1 heterocycles. The van der Waals surface area contributed by atoms with E-state index in [1.807, 2.05) is 0 Å². The maximum absolute atomic E-state index is 11.7. The van der Waals surface area contributed by atoms with Crippen LogP contribution in [0.1, 0.15) is 12.8 Å². The third kappa shape index (κ3) is 4.32. The fourth-order valence-electron chi connectivity index (χ4n) is 1.80. The molecule has 1 aliphatic rings. The van der Waals surface area contributed by atoms with E-state index in [-0.39, 0.29) is 30.8 Å². The van der Waals surface area contributed by atoms with Crippen LogP contribution in [0.2, 0.25) is 0 Å². The first-order valence-electron chi connectivity index (χ1n) is 5.84. The number of carbonyl (C=O) groups is 2. The highest BCUT2D eigenvalue weighted by Crippen LogP contribution is 2.17. The standard InChI is InChI=1S/C11H20N2O4/c1-17-6-4-13-8-9(7-10(13)15)11(16)12-3-2-5-14/h9,14H,2-8H2,1H3,(H,12,16). The van der Waals surface area contributed by atoms with Crippen molar-refractivity contribution in [3.8, 4) is 0 Å². The van der Waals surface area contributed by atoms with E-state index in [1.54, 1.807) is 12.0 Å². The molecule has 0 aromatic carbocycles. The SMILES string of the molecule is COCCN1CC(C(=O)NCCCO)CC1=O. The van der Waals surface area contributed by atoms with E-state index in [0.717, 1.165) is 0 Å². The molecule has 0 aromatic heterocycles. The topological polar surface area (TPSA) is 78.9 Å². The lowest BCUT2D eigenvalue weighted by molar-refractivity contribution is -0.129. The fraction of sp³-hybridized carbons (Fsp3) is 0.818. The predicted molar refractivity (Wildman–Crippen MR) is 61.3 cm³/mol. The molecule has 2 amide bonds. The average molecular weight is 244 g/mol. The monoisotopic (exact) mass is 244 g/mol. The second-order valence-corrected chi connectivity index (χ2v) is 4.10. The van der Waals surface area contributed by atoms with Crippen LogP contribution in [0.15, 0.2) is 0 Å². The van der Waals surface area contributed by atoms with Crippen molar-refractivity contribution in [2.24, 2.45) is 5.92 Å². The molecular formula is C11H20N2O4. The zero-order chi connectivity index (χ0) is 12.7. The summed E-state index contributed by atoms with van der Waals surface area (Å²) in [5, 5.41) is 11.3. The van der Waals surface area contributed by atoms with Crippen LogP contribution in [-0.4, -0.2) is 61.8 Å². The molecule has 0 saturated carbocycles. The van der Waals surface area contributed by atoms with Gasteiger partial charge in [-0.25, -0.2) is 0 Å². The number of rotatable bonds is 7. The van der Waals surface area contributed by atoms with E-state index >= 15 is 0 Å². The lowest BCUT2D eigenvalue weighted by Gasteiger charge is -2.15. The summed E-state index contributed by atoms with van der Waals surface area (Å²) in [7, 11) is 1.58. The van der Waals surface area contributed by atoms with E-state index in [9.17, 15) is 9.59 Å². The van der Waals surface area contributed by atoms with Gasteiger partial charge in [0.15, 0.2) is 0 Å². The molecule has 2 N–H and O–H groups in total. The number of methoxy groups -OCH3 is 1. The zero-order valence-electron chi connectivity index (χ0n) is 10.1. The number of ether oxygens (including phenoxy) is 1. The van der Waals surface area contributed by atoms with Crippen molar-refractivity contribution < 1.29 is 19.4 Å². The number of hydrogen-bond acceptors (Lipinski definition) is 4. The maximum atomic E-state index is 11.7. The minimum atomic E-state index is -0.266. The van der Waals surface area contributed by atoms with Crippen LogP contribution >= 0.6 is 0 Å². The molecule has 6 nitrogen and oxygen atoms in total. The number of aliphatic hydroxyl groups is 1. The molecule has 1 unspecified atom stereocenters. The van der Waals surface area contributed by atoms with Crippen LogP contribution in [0, 0.1) is 5.92 Å². The summed E-state index contributed by atoms with van der Waals surface area (Å²) in [6.45, 7) is 2.01. The van der Waals surface area contributed by atoms with Gasteiger partial charge in [0.25, 0.3) is 0 Å². The molecule has 0 bridgehead atoms. The van der Waals surface area contributed by atoms with Gasteiger partial charge in [0, 0.05) is 39.8 Å². The Morgan fingerprint density at radius 2 is 2.41 bits per heavy atom. The first-order valence-corrected chi connectivity index (χ1v) is 5.84. The number of carbonyl (C=O) groups excluding carboxylic acids is 2. The molecule has 1 atom stereocenters. The van der Waals surface area contributed by atoms with E-state index in [4.69, 9.17) is 9.84 Å². The summed E-state index contributed by atoms with van der Waals surface area (Å²) in [6, 6.07) is 0. The predicted octanol–water partition coefficient (Wildman–Crippen LogP) is -1.02. The number of amides is 2. The van der Waals surface area contributed by atoms with Crippen molar-refractivity contribution in [2.75, 3.05) is 40.0 Å². The van der Waals surface area contributed by atoms with Gasteiger partial charge in [0.1, 0.15) is 0 Å². The van der Waals surface area contributed by atoms with Gasteiger partial charge >= 0.3 is 0 Å². The summed E-state index contributed by atoms with van der Waals surface area (Å²) in [5.74, 6) is -0.367. The minimum Gasteiger partial charge on any atom is -0.396 e. The quantitative estimate of drug-likeness (QED) is 0.562. The van der Waals surface area contributed by atoms with Gasteiger partial charge in [0.2, 0.25) is 11.8 Å². The number of aliphatic hydroxyl groups excluding tert-OH is 1. The Hall–Kier alpha value is -1.14. The van der Waals surface area contributed by atoms with Crippen molar-refractivity contribution >= 4 is 11.8 Å². The van der Waals surface area contributed by atoms with Crippen molar-refractivity contribution in [3.05, 3.63) is 0 Å². The highest BCUT2D eigenvalue weighted by atomic mass is 16.5. The smallest absolute Gasteiger partial charge is 0.225 e. The van der Waals surface area contributed by atoms with Crippen molar-refractivity contribution in [1.82, 2.24) is 10.2 Å². The molecule has 6 heteroatoms. The summed E-state index contributed by atoms with van der Waals surface area (Å²) in [5.41, 5.74) is 0. The molecule has 98 valence electrons. The van der Waals surface area contributed by atoms with Gasteiger partial charge in [-0.1, -0.05) is 0 Å². The number of hydrogen-bond donors (Lipinski definition) is 2. The van der Waals surface area contributed by atoms with E-state index in [2.05, 4.69) is 5.32 Å². The minimum absolute atomic E-state index is 0.00404. The molecule has 17 heavy (non-hydrogen) atoms. The van der Waals surface area contributed by atoms with Crippen LogP contribution in [0.5, 0.6) is 0 Å². The van der Waals surface area contributed by atoms with Crippen molar-refractivity contribution in [3.63, 3.8) is 0 Å². The number of likely N-dealkylation sites (tertiary alicyclic amines) is 1. The van der Waals surface area contributed by atoms with Gasteiger partial charge in [-0.15, -0.1) is 0 Å². The molecule has 1 saturated heterocycles. The second kappa shape index (κ2) is 7.24. The highest BCUT2D eigenvalue weighted by Gasteiger charge is 2.33. The normalized spacial score (nSPS) is 19.8. The van der Waals surface area contributed by atoms with Crippen molar-refractivity contribution in [2.45, 2.75) is 12.8 Å². The van der Waals surface area contributed by atoms with Crippen LogP contribution in [0.4, 0.5) is 0 Å². The number of nitrogens with zero attached hydrogens (tertiary/aromatic N) is 1. The third-order valence-electron chi connectivity index (χ3n) is 2.78. The number of nitrogens with one attached hydrogen (secondary N) is 1. The van der Waals surface area contributed by atoms with Crippen LogP contribution < -0.4 is 5.32 Å². The Kier molecular flexibility index (Phi) is 5.93. The maximum Gasteiger partial charge on any atom is 0.225 e. The Labute approximate surface area is 101 Å². The van der Waals surface area contributed by atoms with Gasteiger partial charge < -0.3 is 20.1 Å². The first-order chi connectivity index (χ1) is 8.19. The molecule has 0 aliphatic carbocycles. The lowest BCUT2D eigenvalue weighted by Crippen LogP contribution is -2.34. The molecular weight excluding hydrogens is 224 g/mol. The van der Waals surface area contributed by atoms with Gasteiger partial charge in [0.05, 0.1) is 12.5 Å². The summed E-state index contributed by atoms with van der Waals surface area (Å²) >= 11 is 0. The summed E-state index contributed by atoms with van der Waals surface area (Å²) < 4.78 is 4.91. The second-order valence-electron chi connectivity index (χ2n) is 4.10. The summed E-state index contributed by atoms with van der Waals surface area (Å²) in [6.07, 6.45) is 0.814. The third-order valence-corrected chi connectivity index (χ3v) is 2.78. The molecule has 1 rings (SSSR count).